The van der Waals surface area contributed by atoms with E-state index in [-0.39, 0.29) is 11.8 Å². The average Bonchev–Trinajstić information content (AvgIpc) is 2.75. The zero-order chi connectivity index (χ0) is 15.4. The second-order valence-electron chi connectivity index (χ2n) is 4.12. The Morgan fingerprint density at radius 1 is 1.43 bits per heavy atom. The van der Waals surface area contributed by atoms with Crippen LogP contribution in [-0.4, -0.2) is 41.9 Å². The summed E-state index contributed by atoms with van der Waals surface area (Å²) < 4.78 is 9.70. The predicted octanol–water partition coefficient (Wildman–Crippen LogP) is 2.71. The summed E-state index contributed by atoms with van der Waals surface area (Å²) in [4.78, 5) is 25.4. The standard InChI is InChI=1S/C14H13NO4S2/c1-18-10-5-3-4-9(6-10)7-11-13(20)15(14(17)21-11)8-12(16)19-2/h3-7H,8H2,1-2H3. The van der Waals surface area contributed by atoms with Crippen molar-refractivity contribution in [2.75, 3.05) is 20.8 Å². The highest BCUT2D eigenvalue weighted by molar-refractivity contribution is 8.19. The number of thioether (sulfide) groups is 1. The van der Waals surface area contributed by atoms with E-state index in [1.807, 2.05) is 24.3 Å². The van der Waals surface area contributed by atoms with Gasteiger partial charge in [-0.2, -0.15) is 0 Å². The molecule has 1 aromatic carbocycles. The van der Waals surface area contributed by atoms with Crippen molar-refractivity contribution in [3.05, 3.63) is 34.7 Å². The number of amides is 1. The SMILES string of the molecule is COC(=O)CN1C(=O)SC(=Cc2cccc(OC)c2)C1=S. The maximum Gasteiger partial charge on any atom is 0.325 e. The summed E-state index contributed by atoms with van der Waals surface area (Å²) in [6.45, 7) is -0.170. The molecule has 1 fully saturated rings. The summed E-state index contributed by atoms with van der Waals surface area (Å²) >= 11 is 6.24. The number of methoxy groups -OCH3 is 2. The van der Waals surface area contributed by atoms with Crippen molar-refractivity contribution in [3.8, 4) is 5.75 Å². The van der Waals surface area contributed by atoms with Crippen LogP contribution in [0.3, 0.4) is 0 Å². The smallest absolute Gasteiger partial charge is 0.325 e. The van der Waals surface area contributed by atoms with Gasteiger partial charge in [-0.15, -0.1) is 0 Å². The third-order valence-corrected chi connectivity index (χ3v) is 4.28. The van der Waals surface area contributed by atoms with Crippen LogP contribution in [0.25, 0.3) is 6.08 Å². The van der Waals surface area contributed by atoms with Crippen LogP contribution >= 0.6 is 24.0 Å². The number of thiocarbonyl (C=S) groups is 1. The summed E-state index contributed by atoms with van der Waals surface area (Å²) in [7, 11) is 2.86. The Kier molecular flexibility index (Phi) is 4.98. The molecule has 1 aliphatic heterocycles. The number of benzene rings is 1. The fraction of sp³-hybridized carbons (Fsp3) is 0.214. The minimum absolute atomic E-state index is 0.170. The molecular weight excluding hydrogens is 310 g/mol. The molecule has 0 saturated carbocycles. The molecule has 1 amide bonds. The second kappa shape index (κ2) is 6.73. The van der Waals surface area contributed by atoms with Crippen LogP contribution in [0.4, 0.5) is 4.79 Å². The van der Waals surface area contributed by atoms with Crippen molar-refractivity contribution >= 4 is 46.3 Å². The average molecular weight is 323 g/mol. The van der Waals surface area contributed by atoms with Gasteiger partial charge in [0.2, 0.25) is 0 Å². The van der Waals surface area contributed by atoms with Crippen LogP contribution in [-0.2, 0) is 9.53 Å². The topological polar surface area (TPSA) is 55.8 Å². The first kappa shape index (κ1) is 15.5. The molecule has 1 saturated heterocycles. The van der Waals surface area contributed by atoms with Crippen LogP contribution < -0.4 is 4.74 Å². The number of hydrogen-bond donors (Lipinski definition) is 0. The molecule has 5 nitrogen and oxygen atoms in total. The number of carbonyl (C=O) groups is 2. The predicted molar refractivity (Wildman–Crippen MR) is 85.3 cm³/mol. The largest absolute Gasteiger partial charge is 0.497 e. The van der Waals surface area contributed by atoms with E-state index in [0.717, 1.165) is 23.1 Å². The lowest BCUT2D eigenvalue weighted by Gasteiger charge is -2.12. The van der Waals surface area contributed by atoms with Gasteiger partial charge in [-0.05, 0) is 35.5 Å². The van der Waals surface area contributed by atoms with E-state index in [2.05, 4.69) is 4.74 Å². The molecule has 1 aromatic rings. The van der Waals surface area contributed by atoms with Crippen molar-refractivity contribution in [3.63, 3.8) is 0 Å². The lowest BCUT2D eigenvalue weighted by Crippen LogP contribution is -2.33. The molecule has 0 aromatic heterocycles. The molecule has 0 unspecified atom stereocenters. The first-order valence-corrected chi connectivity index (χ1v) is 7.24. The van der Waals surface area contributed by atoms with Crippen molar-refractivity contribution in [2.24, 2.45) is 0 Å². The van der Waals surface area contributed by atoms with Gasteiger partial charge < -0.3 is 9.47 Å². The highest BCUT2D eigenvalue weighted by Crippen LogP contribution is 2.33. The number of esters is 1. The van der Waals surface area contributed by atoms with E-state index >= 15 is 0 Å². The van der Waals surface area contributed by atoms with E-state index in [9.17, 15) is 9.59 Å². The molecule has 1 aliphatic rings. The Labute approximate surface area is 131 Å². The van der Waals surface area contributed by atoms with Crippen molar-refractivity contribution < 1.29 is 19.1 Å². The number of carbonyl (C=O) groups excluding carboxylic acids is 2. The van der Waals surface area contributed by atoms with Gasteiger partial charge in [-0.3, -0.25) is 14.5 Å². The number of hydrogen-bond acceptors (Lipinski definition) is 6. The monoisotopic (exact) mass is 323 g/mol. The summed E-state index contributed by atoms with van der Waals surface area (Å²) in [5, 5.41) is -0.278. The molecule has 0 spiro atoms. The van der Waals surface area contributed by atoms with E-state index in [4.69, 9.17) is 17.0 Å². The maximum absolute atomic E-state index is 11.9. The Morgan fingerprint density at radius 3 is 2.86 bits per heavy atom. The van der Waals surface area contributed by atoms with Gasteiger partial charge >= 0.3 is 5.97 Å². The molecular formula is C14H13NO4S2. The summed E-state index contributed by atoms with van der Waals surface area (Å²) in [5.74, 6) is 0.213. The Morgan fingerprint density at radius 2 is 2.19 bits per heavy atom. The zero-order valence-electron chi connectivity index (χ0n) is 11.5. The third-order valence-electron chi connectivity index (χ3n) is 2.78. The van der Waals surface area contributed by atoms with Crippen LogP contribution in [0.5, 0.6) is 5.75 Å². The lowest BCUT2D eigenvalue weighted by molar-refractivity contribution is -0.140. The Balaban J connectivity index is 2.21. The van der Waals surface area contributed by atoms with Crippen LogP contribution in [0.2, 0.25) is 0 Å². The van der Waals surface area contributed by atoms with Crippen molar-refractivity contribution in [1.82, 2.24) is 4.90 Å². The van der Waals surface area contributed by atoms with Gasteiger partial charge in [0.05, 0.1) is 19.1 Å². The zero-order valence-corrected chi connectivity index (χ0v) is 13.1. The van der Waals surface area contributed by atoms with Crippen molar-refractivity contribution in [2.45, 2.75) is 0 Å². The van der Waals surface area contributed by atoms with Crippen molar-refractivity contribution in [1.29, 1.82) is 0 Å². The molecule has 1 heterocycles. The first-order chi connectivity index (χ1) is 10.0. The number of ether oxygens (including phenoxy) is 2. The van der Waals surface area contributed by atoms with Crippen LogP contribution in [0, 0.1) is 0 Å². The second-order valence-corrected chi connectivity index (χ2v) is 5.50. The first-order valence-electron chi connectivity index (χ1n) is 6.01. The lowest BCUT2D eigenvalue weighted by atomic mass is 10.2. The van der Waals surface area contributed by atoms with E-state index < -0.39 is 5.97 Å². The molecule has 110 valence electrons. The molecule has 0 bridgehead atoms. The fourth-order valence-corrected chi connectivity index (χ4v) is 2.95. The van der Waals surface area contributed by atoms with E-state index in [0.29, 0.717) is 9.89 Å². The fourth-order valence-electron chi connectivity index (χ4n) is 1.71. The normalized spacial score (nSPS) is 16.5. The van der Waals surface area contributed by atoms with Gasteiger partial charge in [-0.1, -0.05) is 24.4 Å². The highest BCUT2D eigenvalue weighted by Gasteiger charge is 2.33. The molecule has 0 N–H and O–H groups in total. The van der Waals surface area contributed by atoms with E-state index in [1.165, 1.54) is 12.0 Å². The summed E-state index contributed by atoms with van der Waals surface area (Å²) in [5.41, 5.74) is 0.868. The van der Waals surface area contributed by atoms with Gasteiger partial charge in [0, 0.05) is 0 Å². The minimum Gasteiger partial charge on any atom is -0.497 e. The van der Waals surface area contributed by atoms with Crippen LogP contribution in [0.1, 0.15) is 5.56 Å². The summed E-state index contributed by atoms with van der Waals surface area (Å²) in [6.07, 6.45) is 1.80. The molecule has 7 heteroatoms. The van der Waals surface area contributed by atoms with Gasteiger partial charge in [0.15, 0.2) is 0 Å². The maximum atomic E-state index is 11.9. The molecule has 0 aliphatic carbocycles. The van der Waals surface area contributed by atoms with Gasteiger partial charge in [0.25, 0.3) is 5.24 Å². The molecule has 0 atom stereocenters. The molecule has 21 heavy (non-hydrogen) atoms. The Bertz CT molecular complexity index is 627. The van der Waals surface area contributed by atoms with Crippen LogP contribution in [0.15, 0.2) is 29.2 Å². The highest BCUT2D eigenvalue weighted by atomic mass is 32.2. The number of rotatable bonds is 4. The van der Waals surface area contributed by atoms with E-state index in [1.54, 1.807) is 13.2 Å². The molecule has 0 radical (unpaired) electrons. The molecule has 2 rings (SSSR count). The van der Waals surface area contributed by atoms with Gasteiger partial charge in [0.1, 0.15) is 17.3 Å². The third kappa shape index (κ3) is 3.62. The summed E-state index contributed by atoms with van der Waals surface area (Å²) in [6, 6.07) is 7.40. The Hall–Kier alpha value is -1.86. The minimum atomic E-state index is -0.506. The quantitative estimate of drug-likeness (QED) is 0.482. The number of nitrogens with zero attached hydrogens (tertiary/aromatic N) is 1. The van der Waals surface area contributed by atoms with Gasteiger partial charge in [-0.25, -0.2) is 0 Å².